The van der Waals surface area contributed by atoms with Gasteiger partial charge in [-0.05, 0) is 57.5 Å². The van der Waals surface area contributed by atoms with Gasteiger partial charge < -0.3 is 24.0 Å². The standard InChI is InChI=1S/C24H27FN2O5/c1-15(28)19-13-22(30-2)23(14-20(19)29)31-11-3-8-27-9-6-16(7-10-27)24-18-5-4-17(25)12-21(18)32-26-24/h4-5,12-14,16,29H,3,6-11H2,1-2H3. The lowest BCUT2D eigenvalue weighted by Crippen LogP contribution is -2.34. The van der Waals surface area contributed by atoms with Gasteiger partial charge in [0.15, 0.2) is 22.9 Å². The first-order valence-electron chi connectivity index (χ1n) is 10.8. The van der Waals surface area contributed by atoms with Gasteiger partial charge in [0.1, 0.15) is 11.6 Å². The number of fused-ring (bicyclic) bond motifs is 1. The van der Waals surface area contributed by atoms with E-state index in [0.717, 1.165) is 50.0 Å². The van der Waals surface area contributed by atoms with E-state index in [4.69, 9.17) is 14.0 Å². The number of carbonyl (C=O) groups excluding carboxylic acids is 1. The fraction of sp³-hybridized carbons (Fsp3) is 0.417. The topological polar surface area (TPSA) is 85.0 Å². The van der Waals surface area contributed by atoms with E-state index in [2.05, 4.69) is 10.1 Å². The number of ether oxygens (including phenoxy) is 2. The molecule has 7 nitrogen and oxygen atoms in total. The van der Waals surface area contributed by atoms with Crippen molar-refractivity contribution in [3.63, 3.8) is 0 Å². The zero-order chi connectivity index (χ0) is 22.7. The molecule has 0 unspecified atom stereocenters. The molecule has 0 spiro atoms. The van der Waals surface area contributed by atoms with Crippen LogP contribution in [0, 0.1) is 5.82 Å². The number of halogens is 1. The molecule has 1 aliphatic heterocycles. The second-order valence-electron chi connectivity index (χ2n) is 8.10. The molecule has 1 N–H and O–H groups in total. The lowest BCUT2D eigenvalue weighted by Gasteiger charge is -2.31. The number of hydrogen-bond acceptors (Lipinski definition) is 7. The average Bonchev–Trinajstić information content (AvgIpc) is 3.20. The summed E-state index contributed by atoms with van der Waals surface area (Å²) >= 11 is 0. The van der Waals surface area contributed by atoms with Gasteiger partial charge in [-0.1, -0.05) is 5.16 Å². The van der Waals surface area contributed by atoms with Gasteiger partial charge in [0.05, 0.1) is 25.0 Å². The Bertz CT molecular complexity index is 1110. The van der Waals surface area contributed by atoms with E-state index in [1.807, 2.05) is 0 Å². The number of aromatic hydroxyl groups is 1. The molecule has 3 aromatic rings. The van der Waals surface area contributed by atoms with Crippen molar-refractivity contribution in [2.45, 2.75) is 32.1 Å². The van der Waals surface area contributed by atoms with Crippen molar-refractivity contribution in [2.24, 2.45) is 0 Å². The largest absolute Gasteiger partial charge is 0.507 e. The van der Waals surface area contributed by atoms with Crippen LogP contribution in [-0.2, 0) is 0 Å². The summed E-state index contributed by atoms with van der Waals surface area (Å²) < 4.78 is 29.8. The zero-order valence-electron chi connectivity index (χ0n) is 18.3. The quantitative estimate of drug-likeness (QED) is 0.405. The van der Waals surface area contributed by atoms with Crippen molar-refractivity contribution < 1.29 is 28.3 Å². The number of methoxy groups -OCH3 is 1. The molecule has 0 aliphatic carbocycles. The van der Waals surface area contributed by atoms with Crippen LogP contribution < -0.4 is 9.47 Å². The summed E-state index contributed by atoms with van der Waals surface area (Å²) in [6.45, 7) is 4.63. The van der Waals surface area contributed by atoms with Crippen molar-refractivity contribution in [2.75, 3.05) is 33.4 Å². The average molecular weight is 442 g/mol. The maximum atomic E-state index is 13.4. The van der Waals surface area contributed by atoms with Gasteiger partial charge in [-0.3, -0.25) is 4.79 Å². The highest BCUT2D eigenvalue weighted by molar-refractivity contribution is 5.97. The number of Topliss-reactive ketones (excluding diaryl/α,β-unsaturated/α-hetero) is 1. The minimum Gasteiger partial charge on any atom is -0.507 e. The van der Waals surface area contributed by atoms with Crippen LogP contribution >= 0.6 is 0 Å². The highest BCUT2D eigenvalue weighted by atomic mass is 19.1. The number of carbonyl (C=O) groups is 1. The van der Waals surface area contributed by atoms with Crippen LogP contribution in [0.3, 0.4) is 0 Å². The Balaban J connectivity index is 1.26. The molecule has 2 aromatic carbocycles. The molecular formula is C24H27FN2O5. The van der Waals surface area contributed by atoms with Gasteiger partial charge in [0, 0.05) is 30.0 Å². The molecule has 2 heterocycles. The molecular weight excluding hydrogens is 415 g/mol. The summed E-state index contributed by atoms with van der Waals surface area (Å²) in [4.78, 5) is 14.0. The molecule has 8 heteroatoms. The van der Waals surface area contributed by atoms with Gasteiger partial charge in [0.25, 0.3) is 0 Å². The fourth-order valence-corrected chi connectivity index (χ4v) is 4.23. The summed E-state index contributed by atoms with van der Waals surface area (Å²) in [5, 5.41) is 15.1. The number of benzene rings is 2. The molecule has 0 atom stereocenters. The number of hydrogen-bond donors (Lipinski definition) is 1. The second-order valence-corrected chi connectivity index (χ2v) is 8.10. The summed E-state index contributed by atoms with van der Waals surface area (Å²) in [5.41, 5.74) is 1.63. The number of aromatic nitrogens is 1. The Morgan fingerprint density at radius 2 is 2.03 bits per heavy atom. The normalized spacial score (nSPS) is 15.2. The first-order valence-corrected chi connectivity index (χ1v) is 10.8. The van der Waals surface area contributed by atoms with Gasteiger partial charge in [-0.2, -0.15) is 0 Å². The first-order chi connectivity index (χ1) is 15.5. The maximum absolute atomic E-state index is 13.4. The van der Waals surface area contributed by atoms with E-state index >= 15 is 0 Å². The summed E-state index contributed by atoms with van der Waals surface area (Å²) in [7, 11) is 1.50. The van der Waals surface area contributed by atoms with Crippen molar-refractivity contribution in [3.05, 3.63) is 47.4 Å². The Labute approximate surface area is 185 Å². The van der Waals surface area contributed by atoms with E-state index in [9.17, 15) is 14.3 Å². The third-order valence-corrected chi connectivity index (χ3v) is 5.97. The molecule has 0 amide bonds. The monoisotopic (exact) mass is 442 g/mol. The van der Waals surface area contributed by atoms with Gasteiger partial charge >= 0.3 is 0 Å². The third-order valence-electron chi connectivity index (χ3n) is 5.97. The molecule has 0 saturated carbocycles. The number of ketones is 1. The van der Waals surface area contributed by atoms with Crippen LogP contribution in [0.4, 0.5) is 4.39 Å². The van der Waals surface area contributed by atoms with Crippen LogP contribution in [0.1, 0.15) is 48.2 Å². The molecule has 1 aliphatic rings. The minimum absolute atomic E-state index is 0.113. The number of rotatable bonds is 8. The van der Waals surface area contributed by atoms with Crippen molar-refractivity contribution in [1.82, 2.24) is 10.1 Å². The third kappa shape index (κ3) is 4.70. The number of likely N-dealkylation sites (tertiary alicyclic amines) is 1. The van der Waals surface area contributed by atoms with Gasteiger partial charge in [0.2, 0.25) is 0 Å². The van der Waals surface area contributed by atoms with Crippen molar-refractivity contribution in [3.8, 4) is 17.2 Å². The molecule has 0 bridgehead atoms. The lowest BCUT2D eigenvalue weighted by atomic mass is 9.91. The van der Waals surface area contributed by atoms with E-state index in [1.165, 1.54) is 38.3 Å². The number of nitrogens with zero attached hydrogens (tertiary/aromatic N) is 2. The highest BCUT2D eigenvalue weighted by Crippen LogP contribution is 2.35. The maximum Gasteiger partial charge on any atom is 0.170 e. The Morgan fingerprint density at radius 1 is 1.25 bits per heavy atom. The van der Waals surface area contributed by atoms with E-state index in [-0.39, 0.29) is 22.9 Å². The van der Waals surface area contributed by atoms with Gasteiger partial charge in [-0.25, -0.2) is 4.39 Å². The SMILES string of the molecule is COc1cc(C(C)=O)c(O)cc1OCCCN1CCC(c2noc3cc(F)ccc23)CC1. The predicted molar refractivity (Wildman–Crippen MR) is 117 cm³/mol. The molecule has 4 rings (SSSR count). The molecule has 1 aromatic heterocycles. The van der Waals surface area contributed by atoms with Crippen LogP contribution in [0.5, 0.6) is 17.2 Å². The predicted octanol–water partition coefficient (Wildman–Crippen LogP) is 4.53. The summed E-state index contributed by atoms with van der Waals surface area (Å²) in [6.07, 6.45) is 2.75. The van der Waals surface area contributed by atoms with E-state index in [1.54, 1.807) is 6.07 Å². The van der Waals surface area contributed by atoms with E-state index in [0.29, 0.717) is 29.6 Å². The van der Waals surface area contributed by atoms with Crippen molar-refractivity contribution in [1.29, 1.82) is 0 Å². The smallest absolute Gasteiger partial charge is 0.170 e. The van der Waals surface area contributed by atoms with Crippen molar-refractivity contribution >= 4 is 16.8 Å². The van der Waals surface area contributed by atoms with Crippen LogP contribution in [-0.4, -0.2) is 54.3 Å². The number of piperidine rings is 1. The van der Waals surface area contributed by atoms with Crippen LogP contribution in [0.2, 0.25) is 0 Å². The Hall–Kier alpha value is -3.13. The summed E-state index contributed by atoms with van der Waals surface area (Å²) in [6, 6.07) is 7.49. The lowest BCUT2D eigenvalue weighted by molar-refractivity contribution is 0.101. The first kappa shape index (κ1) is 22.1. The highest BCUT2D eigenvalue weighted by Gasteiger charge is 2.25. The van der Waals surface area contributed by atoms with E-state index < -0.39 is 0 Å². The molecule has 1 fully saturated rings. The number of phenolic OH excluding ortho intramolecular Hbond substituents is 1. The van der Waals surface area contributed by atoms with Gasteiger partial charge in [-0.15, -0.1) is 0 Å². The zero-order valence-corrected chi connectivity index (χ0v) is 18.3. The second kappa shape index (κ2) is 9.56. The van der Waals surface area contributed by atoms with Crippen LogP contribution in [0.15, 0.2) is 34.9 Å². The molecule has 1 saturated heterocycles. The Morgan fingerprint density at radius 3 is 2.75 bits per heavy atom. The molecule has 170 valence electrons. The molecule has 32 heavy (non-hydrogen) atoms. The number of phenols is 1. The fourth-order valence-electron chi connectivity index (χ4n) is 4.23. The summed E-state index contributed by atoms with van der Waals surface area (Å²) in [5.74, 6) is 0.484. The van der Waals surface area contributed by atoms with Crippen LogP contribution in [0.25, 0.3) is 11.0 Å². The molecule has 0 radical (unpaired) electrons. The Kier molecular flexibility index (Phi) is 6.60. The minimum atomic E-state index is -0.320.